The van der Waals surface area contributed by atoms with Gasteiger partial charge in [-0.3, -0.25) is 19.2 Å². The Morgan fingerprint density at radius 2 is 1.26 bits per heavy atom. The Morgan fingerprint density at radius 3 is 2.00 bits per heavy atom. The maximum absolute atomic E-state index is 13.1. The van der Waals surface area contributed by atoms with Crippen LogP contribution in [0.5, 0.6) is 5.75 Å². The van der Waals surface area contributed by atoms with Crippen molar-refractivity contribution in [1.29, 1.82) is 0 Å². The summed E-state index contributed by atoms with van der Waals surface area (Å²) in [5.74, 6) is -0.317. The molecule has 5 aromatic rings. The fourth-order valence-electron chi connectivity index (χ4n) is 3.81. The zero-order chi connectivity index (χ0) is 19.0. The van der Waals surface area contributed by atoms with Gasteiger partial charge in [-0.2, -0.15) is 0 Å². The molecule has 0 bridgehead atoms. The number of hydrogen-bond acceptors (Lipinski definition) is 6. The molecule has 4 aromatic carbocycles. The Bertz CT molecular complexity index is 1670. The van der Waals surface area contributed by atoms with Crippen LogP contribution >= 0.6 is 11.3 Å². The third kappa shape index (κ3) is 1.82. The minimum Gasteiger partial charge on any atom is -0.507 e. The predicted molar refractivity (Wildman–Crippen MR) is 108 cm³/mol. The second kappa shape index (κ2) is 5.08. The third-order valence-electron chi connectivity index (χ3n) is 5.03. The SMILES string of the molecule is Cc1cccc2c(=O)c3c(sc4c(=O)c5cccc(O)c5c(=O)c43)c(=O)c12. The van der Waals surface area contributed by atoms with Gasteiger partial charge in [0.2, 0.25) is 10.9 Å². The van der Waals surface area contributed by atoms with E-state index in [2.05, 4.69) is 0 Å². The van der Waals surface area contributed by atoms with E-state index in [9.17, 15) is 24.3 Å². The fraction of sp³-hybridized carbons (Fsp3) is 0.0476. The summed E-state index contributed by atoms with van der Waals surface area (Å²) in [5, 5.41) is 10.5. The summed E-state index contributed by atoms with van der Waals surface area (Å²) in [7, 11) is 0. The molecule has 0 spiro atoms. The number of hydrogen-bond donors (Lipinski definition) is 1. The topological polar surface area (TPSA) is 88.5 Å². The van der Waals surface area contributed by atoms with Crippen molar-refractivity contribution in [2.75, 3.05) is 0 Å². The number of phenols is 1. The molecule has 27 heavy (non-hydrogen) atoms. The van der Waals surface area contributed by atoms with Crippen LogP contribution < -0.4 is 21.7 Å². The third-order valence-corrected chi connectivity index (χ3v) is 6.22. The van der Waals surface area contributed by atoms with E-state index in [1.807, 2.05) is 0 Å². The van der Waals surface area contributed by atoms with Gasteiger partial charge in [0.1, 0.15) is 5.75 Å². The van der Waals surface area contributed by atoms with Gasteiger partial charge in [-0.15, -0.1) is 11.3 Å². The van der Waals surface area contributed by atoms with Gasteiger partial charge in [0, 0.05) is 16.2 Å². The maximum atomic E-state index is 13.1. The van der Waals surface area contributed by atoms with Gasteiger partial charge in [-0.05, 0) is 24.6 Å². The lowest BCUT2D eigenvalue weighted by atomic mass is 9.99. The van der Waals surface area contributed by atoms with Gasteiger partial charge in [0.05, 0.1) is 25.6 Å². The molecule has 1 N–H and O–H groups in total. The summed E-state index contributed by atoms with van der Waals surface area (Å²) in [6, 6.07) is 9.23. The summed E-state index contributed by atoms with van der Waals surface area (Å²) in [5.41, 5.74) is -1.20. The lowest BCUT2D eigenvalue weighted by Crippen LogP contribution is -2.15. The Morgan fingerprint density at radius 1 is 0.667 bits per heavy atom. The second-order valence-electron chi connectivity index (χ2n) is 6.52. The van der Waals surface area contributed by atoms with Crippen molar-refractivity contribution in [3.05, 3.63) is 82.9 Å². The molecule has 5 rings (SSSR count). The number of aromatic hydroxyl groups is 1. The van der Waals surface area contributed by atoms with E-state index in [0.717, 1.165) is 11.3 Å². The van der Waals surface area contributed by atoms with Gasteiger partial charge >= 0.3 is 0 Å². The van der Waals surface area contributed by atoms with Crippen LogP contribution in [-0.2, 0) is 0 Å². The van der Waals surface area contributed by atoms with Crippen LogP contribution in [0.1, 0.15) is 5.56 Å². The summed E-state index contributed by atoms with van der Waals surface area (Å²) in [6.45, 7) is 1.74. The molecule has 0 radical (unpaired) electrons. The highest BCUT2D eigenvalue weighted by atomic mass is 32.1. The Balaban J connectivity index is 2.25. The zero-order valence-electron chi connectivity index (χ0n) is 14.0. The summed E-state index contributed by atoms with van der Waals surface area (Å²) in [6.07, 6.45) is 0. The molecule has 0 aliphatic heterocycles. The molecule has 0 amide bonds. The molecule has 0 unspecified atom stereocenters. The van der Waals surface area contributed by atoms with Crippen molar-refractivity contribution >= 4 is 53.1 Å². The van der Waals surface area contributed by atoms with Gasteiger partial charge < -0.3 is 5.11 Å². The smallest absolute Gasteiger partial charge is 0.204 e. The van der Waals surface area contributed by atoms with E-state index in [0.29, 0.717) is 10.9 Å². The molecule has 5 nitrogen and oxygen atoms in total. The highest BCUT2D eigenvalue weighted by molar-refractivity contribution is 7.25. The van der Waals surface area contributed by atoms with Crippen molar-refractivity contribution in [1.82, 2.24) is 0 Å². The van der Waals surface area contributed by atoms with Gasteiger partial charge in [-0.1, -0.05) is 24.3 Å². The van der Waals surface area contributed by atoms with Crippen LogP contribution in [0.2, 0.25) is 0 Å². The Hall–Kier alpha value is -3.38. The lowest BCUT2D eigenvalue weighted by molar-refractivity contribution is 0.481. The molecule has 0 fully saturated rings. The highest BCUT2D eigenvalue weighted by Crippen LogP contribution is 2.31. The molecule has 0 atom stereocenters. The standard InChI is InChI=1S/C21H10O5S/c1-8-4-2-5-9-12(8)19(26)21-14(16(9)23)15-18(25)13-10(6-3-7-11(13)22)17(24)20(15)27-21/h2-7,22H,1H3. The first-order valence-electron chi connectivity index (χ1n) is 8.19. The summed E-state index contributed by atoms with van der Waals surface area (Å²) >= 11 is 0.881. The number of phenolic OH excluding ortho intramolecular Hbond substituents is 1. The first kappa shape index (κ1) is 15.8. The van der Waals surface area contributed by atoms with E-state index in [4.69, 9.17) is 0 Å². The predicted octanol–water partition coefficient (Wildman–Crippen LogP) is 2.69. The van der Waals surface area contributed by atoms with E-state index >= 15 is 0 Å². The minimum atomic E-state index is -0.604. The molecule has 0 aliphatic rings. The summed E-state index contributed by atoms with van der Waals surface area (Å²) < 4.78 is 0.191. The zero-order valence-corrected chi connectivity index (χ0v) is 14.8. The normalized spacial score (nSPS) is 11.9. The molecular formula is C21H10O5S. The number of aryl methyl sites for hydroxylation is 1. The van der Waals surface area contributed by atoms with E-state index in [-0.39, 0.29) is 47.5 Å². The van der Waals surface area contributed by atoms with Crippen LogP contribution in [0.3, 0.4) is 0 Å². The maximum Gasteiger partial charge on any atom is 0.204 e. The average Bonchev–Trinajstić information content (AvgIpc) is 3.05. The van der Waals surface area contributed by atoms with Crippen molar-refractivity contribution in [2.45, 2.75) is 6.92 Å². The van der Waals surface area contributed by atoms with Gasteiger partial charge in [0.25, 0.3) is 0 Å². The van der Waals surface area contributed by atoms with Crippen LogP contribution in [0, 0.1) is 6.92 Å². The molecule has 0 saturated heterocycles. The van der Waals surface area contributed by atoms with Crippen LogP contribution in [0.4, 0.5) is 0 Å². The second-order valence-corrected chi connectivity index (χ2v) is 7.54. The molecule has 6 heteroatoms. The fourth-order valence-corrected chi connectivity index (χ4v) is 5.00. The number of thiophene rings is 1. The van der Waals surface area contributed by atoms with Crippen molar-refractivity contribution in [3.63, 3.8) is 0 Å². The van der Waals surface area contributed by atoms with Crippen molar-refractivity contribution in [2.24, 2.45) is 0 Å². The van der Waals surface area contributed by atoms with E-state index < -0.39 is 16.3 Å². The van der Waals surface area contributed by atoms with Crippen LogP contribution in [0.15, 0.2) is 55.6 Å². The monoisotopic (exact) mass is 374 g/mol. The lowest BCUT2D eigenvalue weighted by Gasteiger charge is -2.01. The van der Waals surface area contributed by atoms with Gasteiger partial charge in [-0.25, -0.2) is 0 Å². The minimum absolute atomic E-state index is 0.0228. The molecule has 130 valence electrons. The number of benzene rings is 4. The Labute approximate surface area is 154 Å². The molecular weight excluding hydrogens is 364 g/mol. The first-order valence-corrected chi connectivity index (χ1v) is 9.00. The van der Waals surface area contributed by atoms with E-state index in [1.54, 1.807) is 25.1 Å². The molecule has 0 saturated carbocycles. The number of rotatable bonds is 0. The average molecular weight is 374 g/mol. The van der Waals surface area contributed by atoms with Crippen LogP contribution in [0.25, 0.3) is 41.7 Å². The Kier molecular flexibility index (Phi) is 2.98. The van der Waals surface area contributed by atoms with Crippen LogP contribution in [-0.4, -0.2) is 5.11 Å². The quantitative estimate of drug-likeness (QED) is 0.450. The summed E-state index contributed by atoms with van der Waals surface area (Å²) in [4.78, 5) is 52.1. The number of fused-ring (bicyclic) bond motifs is 5. The first-order chi connectivity index (χ1) is 12.9. The van der Waals surface area contributed by atoms with Crippen molar-refractivity contribution in [3.8, 4) is 5.75 Å². The molecule has 1 aromatic heterocycles. The van der Waals surface area contributed by atoms with E-state index in [1.165, 1.54) is 18.2 Å². The largest absolute Gasteiger partial charge is 0.507 e. The van der Waals surface area contributed by atoms with Gasteiger partial charge in [0.15, 0.2) is 10.9 Å². The van der Waals surface area contributed by atoms with Crippen molar-refractivity contribution < 1.29 is 5.11 Å². The highest BCUT2D eigenvalue weighted by Gasteiger charge is 2.23. The molecule has 0 aliphatic carbocycles. The molecule has 1 heterocycles.